The monoisotopic (exact) mass is 461 g/mol. The average Bonchev–Trinajstić information content (AvgIpc) is 3.31. The Kier molecular flexibility index (Phi) is 4.64. The molecule has 4 atom stereocenters. The molecule has 166 valence electrons. The van der Waals surface area contributed by atoms with Gasteiger partial charge >= 0.3 is 0 Å². The van der Waals surface area contributed by atoms with Crippen LogP contribution in [-0.4, -0.2) is 61.7 Å². The van der Waals surface area contributed by atoms with Crippen LogP contribution in [-0.2, 0) is 14.8 Å². The molecule has 0 saturated carbocycles. The predicted molar refractivity (Wildman–Crippen MR) is 106 cm³/mol. The molecular formula is C17H15N7O7S. The molecule has 1 aromatic carbocycles. The second-order valence-electron chi connectivity index (χ2n) is 6.95. The van der Waals surface area contributed by atoms with Crippen LogP contribution in [0, 0.1) is 0 Å². The number of hydrogen-bond donors (Lipinski definition) is 4. The zero-order valence-corrected chi connectivity index (χ0v) is 16.7. The summed E-state index contributed by atoms with van der Waals surface area (Å²) in [5.74, 6) is 0.0909. The summed E-state index contributed by atoms with van der Waals surface area (Å²) in [6.45, 7) is 0. The van der Waals surface area contributed by atoms with Crippen LogP contribution in [0.5, 0.6) is 0 Å². The molecule has 0 amide bonds. The van der Waals surface area contributed by atoms with E-state index >= 15 is 0 Å². The maximum absolute atomic E-state index is 12.8. The van der Waals surface area contributed by atoms with Crippen LogP contribution in [0.1, 0.15) is 6.23 Å². The van der Waals surface area contributed by atoms with E-state index in [1.807, 2.05) is 4.72 Å². The number of aromatic nitrogens is 5. The number of nitrogens with one attached hydrogen (secondary N) is 1. The van der Waals surface area contributed by atoms with Gasteiger partial charge in [0.2, 0.25) is 5.43 Å². The normalized spacial score (nSPS) is 23.8. The number of hydrogen-bond acceptors (Lipinski definition) is 12. The lowest BCUT2D eigenvalue weighted by Gasteiger charge is -2.16. The number of anilines is 1. The van der Waals surface area contributed by atoms with Crippen LogP contribution < -0.4 is 15.9 Å². The highest BCUT2D eigenvalue weighted by Gasteiger charge is 2.46. The van der Waals surface area contributed by atoms with Crippen LogP contribution in [0.15, 0.2) is 51.3 Å². The molecule has 4 aromatic rings. The van der Waals surface area contributed by atoms with Crippen molar-refractivity contribution < 1.29 is 27.9 Å². The topological polar surface area (TPSA) is 209 Å². The molecule has 0 radical (unpaired) electrons. The van der Waals surface area contributed by atoms with Crippen LogP contribution in [0.25, 0.3) is 22.1 Å². The lowest BCUT2D eigenvalue weighted by atomic mass is 10.2. The summed E-state index contributed by atoms with van der Waals surface area (Å²) in [6, 6.07) is 5.99. The molecule has 15 heteroatoms. The number of fused-ring (bicyclic) bond motifs is 2. The molecule has 5 rings (SSSR count). The third-order valence-corrected chi connectivity index (χ3v) is 6.29. The van der Waals surface area contributed by atoms with Crippen molar-refractivity contribution in [3.05, 3.63) is 47.1 Å². The maximum atomic E-state index is 12.8. The predicted octanol–water partition coefficient (Wildman–Crippen LogP) is -1.53. The van der Waals surface area contributed by atoms with Crippen molar-refractivity contribution in [3.8, 4) is 0 Å². The molecule has 3 aromatic heterocycles. The van der Waals surface area contributed by atoms with Gasteiger partial charge in [0.1, 0.15) is 24.1 Å². The summed E-state index contributed by atoms with van der Waals surface area (Å²) in [5, 5.41) is 23.3. The van der Waals surface area contributed by atoms with E-state index in [4.69, 9.17) is 15.0 Å². The minimum atomic E-state index is -4.60. The van der Waals surface area contributed by atoms with Gasteiger partial charge in [0.05, 0.1) is 11.7 Å². The molecule has 0 spiro atoms. The third kappa shape index (κ3) is 3.10. The van der Waals surface area contributed by atoms with Crippen molar-refractivity contribution >= 4 is 38.0 Å². The van der Waals surface area contributed by atoms with Gasteiger partial charge in [0.25, 0.3) is 15.0 Å². The minimum absolute atomic E-state index is 0.0100. The Bertz CT molecular complexity index is 1500. The van der Waals surface area contributed by atoms with E-state index in [0.29, 0.717) is 0 Å². The fraction of sp³-hybridized carbons (Fsp3) is 0.235. The number of imidazole rings is 1. The van der Waals surface area contributed by atoms with E-state index in [-0.39, 0.29) is 28.0 Å². The van der Waals surface area contributed by atoms with Gasteiger partial charge in [0.15, 0.2) is 29.5 Å². The Morgan fingerprint density at radius 2 is 1.91 bits per heavy atom. The molecule has 0 bridgehead atoms. The van der Waals surface area contributed by atoms with Gasteiger partial charge in [-0.1, -0.05) is 17.3 Å². The zero-order chi connectivity index (χ0) is 22.6. The fourth-order valence-corrected chi connectivity index (χ4v) is 4.51. The first kappa shape index (κ1) is 20.4. The molecule has 5 N–H and O–H groups in total. The van der Waals surface area contributed by atoms with Crippen LogP contribution in [0.2, 0.25) is 0 Å². The third-order valence-electron chi connectivity index (χ3n) is 4.98. The first-order valence-corrected chi connectivity index (χ1v) is 10.6. The quantitative estimate of drug-likeness (QED) is 0.273. The molecule has 1 fully saturated rings. The molecule has 4 heterocycles. The summed E-state index contributed by atoms with van der Waals surface area (Å²) in [6.07, 6.45) is -3.72. The number of nitrogens with zero attached hydrogens (tertiary/aromatic N) is 5. The molecule has 1 unspecified atom stereocenters. The molecular weight excluding hydrogens is 446 g/mol. The molecule has 1 aliphatic heterocycles. The SMILES string of the molecule is Nc1ncnc2c1ncn2[C@@H]1OC(NS(=O)(=O)c2noc3ccccc3c2=O)[C@H](O)[C@@H]1O. The van der Waals surface area contributed by atoms with E-state index in [0.717, 1.165) is 0 Å². The number of aliphatic hydroxyl groups excluding tert-OH is 2. The summed E-state index contributed by atoms with van der Waals surface area (Å²) in [4.78, 5) is 24.5. The summed E-state index contributed by atoms with van der Waals surface area (Å²) in [7, 11) is -4.60. The number of sulfonamides is 1. The average molecular weight is 461 g/mol. The second kappa shape index (κ2) is 7.28. The van der Waals surface area contributed by atoms with Crippen LogP contribution in [0.3, 0.4) is 0 Å². The van der Waals surface area contributed by atoms with Gasteiger partial charge < -0.3 is 25.2 Å². The molecule has 14 nitrogen and oxygen atoms in total. The van der Waals surface area contributed by atoms with E-state index in [2.05, 4.69) is 20.1 Å². The number of nitrogen functional groups attached to an aromatic ring is 1. The van der Waals surface area contributed by atoms with Crippen molar-refractivity contribution in [3.63, 3.8) is 0 Å². The van der Waals surface area contributed by atoms with Gasteiger partial charge in [-0.2, -0.15) is 4.72 Å². The molecule has 0 aliphatic carbocycles. The highest BCUT2D eigenvalue weighted by atomic mass is 32.2. The second-order valence-corrected chi connectivity index (χ2v) is 8.57. The van der Waals surface area contributed by atoms with Gasteiger partial charge in [-0.25, -0.2) is 23.4 Å². The number of benzene rings is 1. The lowest BCUT2D eigenvalue weighted by Crippen LogP contribution is -2.45. The molecule has 32 heavy (non-hydrogen) atoms. The first-order valence-electron chi connectivity index (χ1n) is 9.13. The Balaban J connectivity index is 1.46. The van der Waals surface area contributed by atoms with Gasteiger partial charge in [-0.3, -0.25) is 9.36 Å². The molecule has 1 aliphatic rings. The van der Waals surface area contributed by atoms with Gasteiger partial charge in [-0.05, 0) is 12.1 Å². The molecule has 1 saturated heterocycles. The van der Waals surface area contributed by atoms with E-state index in [1.54, 1.807) is 12.1 Å². The minimum Gasteiger partial charge on any atom is -0.386 e. The maximum Gasteiger partial charge on any atom is 0.267 e. The number of rotatable bonds is 4. The largest absolute Gasteiger partial charge is 0.386 e. The number of para-hydroxylation sites is 1. The van der Waals surface area contributed by atoms with E-state index in [1.165, 1.54) is 29.4 Å². The van der Waals surface area contributed by atoms with Crippen LogP contribution >= 0.6 is 0 Å². The standard InChI is InChI=1S/C17H15N7O7S/c18-13-9-14(20-5-19-13)24(6-21-9)17-12(27)11(26)15(30-17)23-32(28,29)16-10(25)7-3-1-2-4-8(7)31-22-16/h1-6,11-12,15,17,23,26-27H,(H2,18,19,20)/t11-,12+,15?,17-/m1/s1. The highest BCUT2D eigenvalue weighted by molar-refractivity contribution is 7.89. The highest BCUT2D eigenvalue weighted by Crippen LogP contribution is 2.31. The Labute approximate surface area is 178 Å². The van der Waals surface area contributed by atoms with Gasteiger partial charge in [0, 0.05) is 0 Å². The zero-order valence-electron chi connectivity index (χ0n) is 15.9. The van der Waals surface area contributed by atoms with Crippen molar-refractivity contribution in [2.24, 2.45) is 0 Å². The summed E-state index contributed by atoms with van der Waals surface area (Å²) >= 11 is 0. The van der Waals surface area contributed by atoms with Crippen molar-refractivity contribution in [1.29, 1.82) is 0 Å². The van der Waals surface area contributed by atoms with Crippen molar-refractivity contribution in [2.75, 3.05) is 5.73 Å². The lowest BCUT2D eigenvalue weighted by molar-refractivity contribution is -0.0379. The van der Waals surface area contributed by atoms with Gasteiger partial charge in [-0.15, -0.1) is 0 Å². The Morgan fingerprint density at radius 1 is 1.12 bits per heavy atom. The summed E-state index contributed by atoms with van der Waals surface area (Å²) in [5.41, 5.74) is 5.40. The van der Waals surface area contributed by atoms with Crippen molar-refractivity contribution in [2.45, 2.75) is 29.7 Å². The smallest absolute Gasteiger partial charge is 0.267 e. The number of aliphatic hydroxyl groups is 2. The number of nitrogens with two attached hydrogens (primary N) is 1. The Morgan fingerprint density at radius 3 is 2.72 bits per heavy atom. The van der Waals surface area contributed by atoms with Crippen LogP contribution in [0.4, 0.5) is 5.82 Å². The van der Waals surface area contributed by atoms with E-state index < -0.39 is 45.1 Å². The Hall–Kier alpha value is -3.50. The number of ether oxygens (including phenoxy) is 1. The first-order chi connectivity index (χ1) is 15.3. The summed E-state index contributed by atoms with van der Waals surface area (Å²) < 4.78 is 39.4. The fourth-order valence-electron chi connectivity index (χ4n) is 3.40. The van der Waals surface area contributed by atoms with E-state index in [9.17, 15) is 23.4 Å². The van der Waals surface area contributed by atoms with Crippen molar-refractivity contribution in [1.82, 2.24) is 29.4 Å².